The summed E-state index contributed by atoms with van der Waals surface area (Å²) in [6.45, 7) is 0. The Labute approximate surface area is 117 Å². The fraction of sp³-hybridized carbons (Fsp3) is 0.333. The van der Waals surface area contributed by atoms with Crippen LogP contribution < -0.4 is 5.32 Å². The highest BCUT2D eigenvalue weighted by atomic mass is 79.9. The average molecular weight is 330 g/mol. The highest BCUT2D eigenvalue weighted by Crippen LogP contribution is 2.29. The minimum atomic E-state index is -1.13. The van der Waals surface area contributed by atoms with Gasteiger partial charge in [-0.15, -0.1) is 0 Å². The van der Waals surface area contributed by atoms with Crippen LogP contribution >= 0.6 is 27.7 Å². The largest absolute Gasteiger partial charge is 0.479 e. The summed E-state index contributed by atoms with van der Waals surface area (Å²) in [5, 5.41) is 11.9. The molecule has 0 aromatic heterocycles. The van der Waals surface area contributed by atoms with Crippen LogP contribution in [0.4, 0.5) is 0 Å². The van der Waals surface area contributed by atoms with Crippen LogP contribution in [-0.2, 0) is 4.79 Å². The van der Waals surface area contributed by atoms with Crippen molar-refractivity contribution in [2.24, 2.45) is 0 Å². The van der Waals surface area contributed by atoms with E-state index >= 15 is 0 Å². The van der Waals surface area contributed by atoms with Gasteiger partial charge in [0.2, 0.25) is 0 Å². The lowest BCUT2D eigenvalue weighted by Crippen LogP contribution is -2.54. The van der Waals surface area contributed by atoms with Gasteiger partial charge in [-0.25, -0.2) is 4.79 Å². The van der Waals surface area contributed by atoms with Gasteiger partial charge in [0.1, 0.15) is 5.54 Å². The molecule has 0 bridgehead atoms. The predicted octanol–water partition coefficient (Wildman–Crippen LogP) is 2.14. The molecule has 1 aliphatic heterocycles. The Hall–Kier alpha value is -1.01. The van der Waals surface area contributed by atoms with E-state index in [9.17, 15) is 14.7 Å². The zero-order chi connectivity index (χ0) is 13.2. The second kappa shape index (κ2) is 5.32. The van der Waals surface area contributed by atoms with E-state index in [4.69, 9.17) is 0 Å². The van der Waals surface area contributed by atoms with Gasteiger partial charge in [-0.2, -0.15) is 11.8 Å². The van der Waals surface area contributed by atoms with Gasteiger partial charge in [0, 0.05) is 10.2 Å². The van der Waals surface area contributed by atoms with E-state index in [1.54, 1.807) is 36.0 Å². The summed E-state index contributed by atoms with van der Waals surface area (Å²) in [4.78, 5) is 23.5. The number of amides is 1. The van der Waals surface area contributed by atoms with Crippen molar-refractivity contribution in [3.63, 3.8) is 0 Å². The lowest BCUT2D eigenvalue weighted by Gasteiger charge is -2.24. The van der Waals surface area contributed by atoms with Crippen LogP contribution in [0.1, 0.15) is 16.8 Å². The molecule has 1 heterocycles. The first-order valence-corrected chi connectivity index (χ1v) is 7.38. The van der Waals surface area contributed by atoms with E-state index in [1.165, 1.54) is 0 Å². The summed E-state index contributed by atoms with van der Waals surface area (Å²) in [6, 6.07) is 6.97. The maximum atomic E-state index is 12.1. The highest BCUT2D eigenvalue weighted by Gasteiger charge is 2.43. The number of hydrogen-bond acceptors (Lipinski definition) is 3. The lowest BCUT2D eigenvalue weighted by molar-refractivity contribution is -0.143. The van der Waals surface area contributed by atoms with Crippen molar-refractivity contribution >= 4 is 39.6 Å². The normalized spacial score (nSPS) is 22.7. The monoisotopic (exact) mass is 329 g/mol. The number of halogens is 1. The van der Waals surface area contributed by atoms with E-state index in [-0.39, 0.29) is 5.91 Å². The molecule has 1 amide bonds. The Morgan fingerprint density at radius 2 is 2.11 bits per heavy atom. The number of carboxylic acid groups (broad SMARTS) is 1. The average Bonchev–Trinajstić information content (AvgIpc) is 2.79. The first-order valence-electron chi connectivity index (χ1n) is 5.43. The summed E-state index contributed by atoms with van der Waals surface area (Å²) >= 11 is 4.83. The smallest absolute Gasteiger partial charge is 0.330 e. The molecular formula is C12H12BrNO3S. The molecule has 1 aromatic carbocycles. The summed E-state index contributed by atoms with van der Waals surface area (Å²) in [6.07, 6.45) is 0.462. The number of nitrogens with one attached hydrogen (secondary N) is 1. The molecule has 1 fully saturated rings. The van der Waals surface area contributed by atoms with Gasteiger partial charge >= 0.3 is 5.97 Å². The molecule has 96 valence electrons. The number of carbonyl (C=O) groups is 2. The van der Waals surface area contributed by atoms with Gasteiger partial charge in [-0.05, 0) is 40.2 Å². The van der Waals surface area contributed by atoms with Crippen molar-refractivity contribution in [2.75, 3.05) is 11.5 Å². The third-order valence-electron chi connectivity index (χ3n) is 2.90. The molecular weight excluding hydrogens is 318 g/mol. The van der Waals surface area contributed by atoms with Crippen molar-refractivity contribution in [1.29, 1.82) is 0 Å². The molecule has 1 aliphatic rings. The van der Waals surface area contributed by atoms with Crippen molar-refractivity contribution < 1.29 is 14.7 Å². The summed E-state index contributed by atoms with van der Waals surface area (Å²) in [7, 11) is 0. The van der Waals surface area contributed by atoms with E-state index in [2.05, 4.69) is 21.2 Å². The topological polar surface area (TPSA) is 66.4 Å². The van der Waals surface area contributed by atoms with E-state index in [0.717, 1.165) is 5.75 Å². The fourth-order valence-corrected chi connectivity index (χ4v) is 3.61. The third-order valence-corrected chi connectivity index (χ3v) is 4.78. The first-order chi connectivity index (χ1) is 8.55. The van der Waals surface area contributed by atoms with Crippen molar-refractivity contribution in [2.45, 2.75) is 12.0 Å². The molecule has 18 heavy (non-hydrogen) atoms. The standard InChI is InChI=1S/C12H12BrNO3S/c13-9-4-2-1-3-8(9)10(15)14-12(11(16)17)5-6-18-7-12/h1-4H,5-7H2,(H,14,15)(H,16,17). The van der Waals surface area contributed by atoms with Crippen LogP contribution in [0.15, 0.2) is 28.7 Å². The molecule has 0 aliphatic carbocycles. The minimum absolute atomic E-state index is 0.354. The molecule has 4 nitrogen and oxygen atoms in total. The predicted molar refractivity (Wildman–Crippen MR) is 73.9 cm³/mol. The van der Waals surface area contributed by atoms with Crippen LogP contribution in [-0.4, -0.2) is 34.0 Å². The van der Waals surface area contributed by atoms with E-state index in [0.29, 0.717) is 22.2 Å². The molecule has 0 radical (unpaired) electrons. The summed E-state index contributed by atoms with van der Waals surface area (Å²) < 4.78 is 0.661. The number of aliphatic carboxylic acids is 1. The maximum absolute atomic E-state index is 12.1. The van der Waals surface area contributed by atoms with E-state index in [1.807, 2.05) is 0 Å². The fourth-order valence-electron chi connectivity index (χ4n) is 1.82. The van der Waals surface area contributed by atoms with Crippen molar-refractivity contribution in [3.05, 3.63) is 34.3 Å². The van der Waals surface area contributed by atoms with Gasteiger partial charge in [0.05, 0.1) is 5.56 Å². The Kier molecular flexibility index (Phi) is 3.97. The van der Waals surface area contributed by atoms with Crippen LogP contribution in [0.2, 0.25) is 0 Å². The molecule has 6 heteroatoms. The second-order valence-electron chi connectivity index (χ2n) is 4.12. The number of rotatable bonds is 3. The molecule has 1 atom stereocenters. The third kappa shape index (κ3) is 2.54. The number of carbonyl (C=O) groups excluding carboxylic acids is 1. The van der Waals surface area contributed by atoms with Gasteiger partial charge in [-0.1, -0.05) is 12.1 Å². The molecule has 0 saturated carbocycles. The van der Waals surface area contributed by atoms with E-state index < -0.39 is 11.5 Å². The van der Waals surface area contributed by atoms with Crippen LogP contribution in [0, 0.1) is 0 Å². The Morgan fingerprint density at radius 1 is 1.39 bits per heavy atom. The molecule has 2 rings (SSSR count). The van der Waals surface area contributed by atoms with Crippen molar-refractivity contribution in [3.8, 4) is 0 Å². The molecule has 1 saturated heterocycles. The molecule has 2 N–H and O–H groups in total. The summed E-state index contributed by atoms with van der Waals surface area (Å²) in [5.74, 6) is -0.151. The zero-order valence-electron chi connectivity index (χ0n) is 9.48. The number of benzene rings is 1. The minimum Gasteiger partial charge on any atom is -0.479 e. The lowest BCUT2D eigenvalue weighted by atomic mass is 9.98. The van der Waals surface area contributed by atoms with Crippen LogP contribution in [0.3, 0.4) is 0 Å². The first kappa shape index (κ1) is 13.4. The quantitative estimate of drug-likeness (QED) is 0.891. The Morgan fingerprint density at radius 3 is 2.67 bits per heavy atom. The molecule has 0 spiro atoms. The summed E-state index contributed by atoms with van der Waals surface area (Å²) in [5.41, 5.74) is -0.674. The zero-order valence-corrected chi connectivity index (χ0v) is 11.9. The van der Waals surface area contributed by atoms with Crippen LogP contribution in [0.5, 0.6) is 0 Å². The SMILES string of the molecule is O=C(NC1(C(=O)O)CCSC1)c1ccccc1Br. The number of hydrogen-bond donors (Lipinski definition) is 2. The molecule has 1 unspecified atom stereocenters. The van der Waals surface area contributed by atoms with Gasteiger partial charge in [0.15, 0.2) is 0 Å². The van der Waals surface area contributed by atoms with Crippen LogP contribution in [0.25, 0.3) is 0 Å². The second-order valence-corrected chi connectivity index (χ2v) is 6.08. The van der Waals surface area contributed by atoms with Crippen molar-refractivity contribution in [1.82, 2.24) is 5.32 Å². The van der Waals surface area contributed by atoms with Gasteiger partial charge in [-0.3, -0.25) is 4.79 Å². The van der Waals surface area contributed by atoms with Gasteiger partial charge < -0.3 is 10.4 Å². The Balaban J connectivity index is 2.21. The highest BCUT2D eigenvalue weighted by molar-refractivity contribution is 9.10. The maximum Gasteiger partial charge on any atom is 0.330 e. The van der Waals surface area contributed by atoms with Gasteiger partial charge in [0.25, 0.3) is 5.91 Å². The number of carboxylic acids is 1. The Bertz CT molecular complexity index is 486. The number of thioether (sulfide) groups is 1. The molecule has 1 aromatic rings.